The van der Waals surface area contributed by atoms with Crippen molar-refractivity contribution in [2.45, 2.75) is 19.8 Å². The number of nitrogens with two attached hydrogens (primary N) is 1. The van der Waals surface area contributed by atoms with Crippen LogP contribution in [-0.2, 0) is 6.42 Å². The highest BCUT2D eigenvalue weighted by Crippen LogP contribution is 2.29. The number of nitrogen functional groups attached to an aromatic ring is 1. The number of hydrazine groups is 1. The van der Waals surface area contributed by atoms with Gasteiger partial charge in [-0.25, -0.2) is 20.2 Å². The Kier molecular flexibility index (Phi) is 4.70. The van der Waals surface area contributed by atoms with Gasteiger partial charge in [0.05, 0.1) is 10.6 Å². The van der Waals surface area contributed by atoms with E-state index in [4.69, 9.17) is 22.2 Å². The Bertz CT molecular complexity index is 609. The minimum Gasteiger partial charge on any atom is -0.438 e. The first kappa shape index (κ1) is 14.5. The molecule has 0 unspecified atom stereocenters. The molecule has 0 radical (unpaired) electrons. The van der Waals surface area contributed by atoms with E-state index in [9.17, 15) is 4.39 Å². The Morgan fingerprint density at radius 2 is 2.20 bits per heavy atom. The monoisotopic (exact) mass is 296 g/mol. The third-order valence-electron chi connectivity index (χ3n) is 2.65. The van der Waals surface area contributed by atoms with Crippen molar-refractivity contribution >= 4 is 17.4 Å². The van der Waals surface area contributed by atoms with Gasteiger partial charge < -0.3 is 10.2 Å². The number of anilines is 1. The van der Waals surface area contributed by atoms with E-state index < -0.39 is 5.82 Å². The topological polar surface area (TPSA) is 73.1 Å². The zero-order valence-corrected chi connectivity index (χ0v) is 11.6. The van der Waals surface area contributed by atoms with E-state index >= 15 is 0 Å². The molecule has 0 saturated heterocycles. The minimum absolute atomic E-state index is 0.00855. The maximum atomic E-state index is 13.1. The van der Waals surface area contributed by atoms with E-state index in [1.54, 1.807) is 0 Å². The fourth-order valence-corrected chi connectivity index (χ4v) is 1.91. The highest BCUT2D eigenvalue weighted by molar-refractivity contribution is 6.30. The van der Waals surface area contributed by atoms with Crippen LogP contribution in [0, 0.1) is 5.82 Å². The molecule has 2 aromatic rings. The fraction of sp³-hybridized carbons (Fsp3) is 0.231. The molecule has 0 fully saturated rings. The quantitative estimate of drug-likeness (QED) is 0.654. The molecule has 0 amide bonds. The molecule has 106 valence electrons. The van der Waals surface area contributed by atoms with E-state index in [1.807, 2.05) is 6.92 Å². The molecule has 2 rings (SSSR count). The first-order chi connectivity index (χ1) is 9.65. The van der Waals surface area contributed by atoms with Crippen LogP contribution in [0.1, 0.15) is 18.9 Å². The average molecular weight is 297 g/mol. The van der Waals surface area contributed by atoms with Crippen molar-refractivity contribution in [2.24, 2.45) is 5.84 Å². The van der Waals surface area contributed by atoms with Gasteiger partial charge in [-0.05, 0) is 18.6 Å². The van der Waals surface area contributed by atoms with Crippen molar-refractivity contribution in [3.05, 3.63) is 40.9 Å². The molecule has 1 aromatic carbocycles. The Labute approximate surface area is 120 Å². The molecule has 0 aliphatic heterocycles. The summed E-state index contributed by atoms with van der Waals surface area (Å²) < 4.78 is 18.8. The standard InChI is InChI=1S/C13H14ClFN4O/c1-2-3-9-12(19-16)17-7-18-13(9)20-8-4-5-11(15)10(14)6-8/h4-7H,2-3,16H2,1H3,(H,17,18,19). The van der Waals surface area contributed by atoms with Gasteiger partial charge in [-0.3, -0.25) is 0 Å². The van der Waals surface area contributed by atoms with Gasteiger partial charge in [0.2, 0.25) is 5.88 Å². The van der Waals surface area contributed by atoms with Gasteiger partial charge in [-0.1, -0.05) is 24.9 Å². The van der Waals surface area contributed by atoms with Gasteiger partial charge >= 0.3 is 0 Å². The van der Waals surface area contributed by atoms with E-state index in [0.29, 0.717) is 23.9 Å². The normalized spacial score (nSPS) is 10.4. The molecule has 20 heavy (non-hydrogen) atoms. The zero-order chi connectivity index (χ0) is 14.5. The summed E-state index contributed by atoms with van der Waals surface area (Å²) in [6, 6.07) is 4.11. The molecule has 0 atom stereocenters. The molecule has 0 saturated carbocycles. The number of hydrogen-bond donors (Lipinski definition) is 2. The van der Waals surface area contributed by atoms with Crippen LogP contribution in [0.3, 0.4) is 0 Å². The summed E-state index contributed by atoms with van der Waals surface area (Å²) in [5, 5.41) is -0.00855. The van der Waals surface area contributed by atoms with Crippen molar-refractivity contribution < 1.29 is 9.13 Å². The van der Waals surface area contributed by atoms with E-state index in [-0.39, 0.29) is 5.02 Å². The van der Waals surface area contributed by atoms with Crippen LogP contribution >= 0.6 is 11.6 Å². The zero-order valence-electron chi connectivity index (χ0n) is 10.9. The smallest absolute Gasteiger partial charge is 0.227 e. The molecular formula is C13H14ClFN4O. The summed E-state index contributed by atoms with van der Waals surface area (Å²) >= 11 is 5.72. The predicted molar refractivity (Wildman–Crippen MR) is 75.3 cm³/mol. The lowest BCUT2D eigenvalue weighted by molar-refractivity contribution is 0.453. The van der Waals surface area contributed by atoms with Crippen molar-refractivity contribution in [3.63, 3.8) is 0 Å². The third kappa shape index (κ3) is 3.15. The number of hydrogen-bond acceptors (Lipinski definition) is 5. The van der Waals surface area contributed by atoms with Gasteiger partial charge in [0.25, 0.3) is 0 Å². The average Bonchev–Trinajstić information content (AvgIpc) is 2.45. The summed E-state index contributed by atoms with van der Waals surface area (Å²) in [7, 11) is 0. The number of aromatic nitrogens is 2. The predicted octanol–water partition coefficient (Wildman–Crippen LogP) is 3.30. The lowest BCUT2D eigenvalue weighted by atomic mass is 10.2. The minimum atomic E-state index is -0.500. The maximum absolute atomic E-state index is 13.1. The van der Waals surface area contributed by atoms with E-state index in [1.165, 1.54) is 24.5 Å². The van der Waals surface area contributed by atoms with Crippen molar-refractivity contribution in [3.8, 4) is 11.6 Å². The lowest BCUT2D eigenvalue weighted by Crippen LogP contribution is -2.12. The van der Waals surface area contributed by atoms with Crippen LogP contribution in [0.5, 0.6) is 11.6 Å². The van der Waals surface area contributed by atoms with Crippen LogP contribution in [-0.4, -0.2) is 9.97 Å². The fourth-order valence-electron chi connectivity index (χ4n) is 1.74. The number of ether oxygens (including phenoxy) is 1. The lowest BCUT2D eigenvalue weighted by Gasteiger charge is -2.12. The van der Waals surface area contributed by atoms with Crippen molar-refractivity contribution in [1.82, 2.24) is 9.97 Å². The Morgan fingerprint density at radius 1 is 1.40 bits per heavy atom. The van der Waals surface area contributed by atoms with E-state index in [0.717, 1.165) is 12.0 Å². The number of halogens is 2. The Balaban J connectivity index is 2.34. The van der Waals surface area contributed by atoms with Crippen LogP contribution < -0.4 is 16.0 Å². The molecule has 1 aromatic heterocycles. The van der Waals surface area contributed by atoms with Gasteiger partial charge in [0.15, 0.2) is 0 Å². The van der Waals surface area contributed by atoms with Gasteiger partial charge in [-0.15, -0.1) is 0 Å². The Hall–Kier alpha value is -1.92. The second kappa shape index (κ2) is 6.49. The number of rotatable bonds is 5. The number of nitrogens with zero attached hydrogens (tertiary/aromatic N) is 2. The summed E-state index contributed by atoms with van der Waals surface area (Å²) in [4.78, 5) is 8.12. The molecule has 7 heteroatoms. The van der Waals surface area contributed by atoms with Crippen molar-refractivity contribution in [2.75, 3.05) is 5.43 Å². The van der Waals surface area contributed by atoms with Gasteiger partial charge in [0.1, 0.15) is 23.7 Å². The van der Waals surface area contributed by atoms with Gasteiger partial charge in [0, 0.05) is 6.07 Å². The largest absolute Gasteiger partial charge is 0.438 e. The first-order valence-corrected chi connectivity index (χ1v) is 6.47. The molecule has 0 aliphatic rings. The number of benzene rings is 1. The highest BCUT2D eigenvalue weighted by Gasteiger charge is 2.13. The Morgan fingerprint density at radius 3 is 2.85 bits per heavy atom. The second-order valence-electron chi connectivity index (χ2n) is 4.08. The van der Waals surface area contributed by atoms with Gasteiger partial charge in [-0.2, -0.15) is 0 Å². The first-order valence-electron chi connectivity index (χ1n) is 6.09. The molecule has 1 heterocycles. The SMILES string of the molecule is CCCc1c(NN)ncnc1Oc1ccc(F)c(Cl)c1. The maximum Gasteiger partial charge on any atom is 0.227 e. The molecule has 5 nitrogen and oxygen atoms in total. The second-order valence-corrected chi connectivity index (χ2v) is 4.49. The van der Waals surface area contributed by atoms with Crippen LogP contribution in [0.4, 0.5) is 10.2 Å². The third-order valence-corrected chi connectivity index (χ3v) is 2.94. The molecular weight excluding hydrogens is 283 g/mol. The summed E-state index contributed by atoms with van der Waals surface area (Å²) in [5.41, 5.74) is 3.27. The highest BCUT2D eigenvalue weighted by atomic mass is 35.5. The summed E-state index contributed by atoms with van der Waals surface area (Å²) in [6.07, 6.45) is 2.92. The summed E-state index contributed by atoms with van der Waals surface area (Å²) in [6.45, 7) is 2.02. The molecule has 0 aliphatic carbocycles. The van der Waals surface area contributed by atoms with Crippen molar-refractivity contribution in [1.29, 1.82) is 0 Å². The number of nitrogens with one attached hydrogen (secondary N) is 1. The van der Waals surface area contributed by atoms with Crippen LogP contribution in [0.15, 0.2) is 24.5 Å². The summed E-state index contributed by atoms with van der Waals surface area (Å²) in [5.74, 6) is 6.20. The van der Waals surface area contributed by atoms with Crippen LogP contribution in [0.25, 0.3) is 0 Å². The molecule has 3 N–H and O–H groups in total. The molecule has 0 bridgehead atoms. The van der Waals surface area contributed by atoms with Crippen LogP contribution in [0.2, 0.25) is 5.02 Å². The molecule has 0 spiro atoms. The van der Waals surface area contributed by atoms with E-state index in [2.05, 4.69) is 15.4 Å².